The molecule has 0 radical (unpaired) electrons. The van der Waals surface area contributed by atoms with Crippen molar-refractivity contribution >= 4 is 21.6 Å². The zero-order chi connectivity index (χ0) is 14.0. The maximum Gasteiger partial charge on any atom is 0.283 e. The number of nitro groups is 1. The highest BCUT2D eigenvalue weighted by Crippen LogP contribution is 2.27. The molecule has 1 aliphatic rings. The molecule has 1 saturated heterocycles. The summed E-state index contributed by atoms with van der Waals surface area (Å²) in [5.74, 6) is 0.249. The lowest BCUT2D eigenvalue weighted by atomic mass is 9.96. The first-order valence-corrected chi connectivity index (χ1v) is 7.10. The summed E-state index contributed by atoms with van der Waals surface area (Å²) in [5.41, 5.74) is 1.03. The van der Waals surface area contributed by atoms with Gasteiger partial charge in [-0.15, -0.1) is 0 Å². The standard InChI is InChI=1S/C13H17BrN2O3/c1-9-7-15(5-4-13(9)17)8-10-2-3-11(14)12(6-10)16(18)19/h2-3,6,9,13,17H,4-5,7-8H2,1H3. The average molecular weight is 329 g/mol. The third kappa shape index (κ3) is 3.52. The summed E-state index contributed by atoms with van der Waals surface area (Å²) in [4.78, 5) is 12.7. The molecule has 1 aliphatic heterocycles. The van der Waals surface area contributed by atoms with Gasteiger partial charge in [-0.1, -0.05) is 13.0 Å². The highest BCUT2D eigenvalue weighted by molar-refractivity contribution is 9.10. The summed E-state index contributed by atoms with van der Waals surface area (Å²) in [6.45, 7) is 4.37. The van der Waals surface area contributed by atoms with Crippen LogP contribution in [0.2, 0.25) is 0 Å². The molecule has 6 heteroatoms. The Morgan fingerprint density at radius 2 is 2.32 bits per heavy atom. The molecule has 0 amide bonds. The van der Waals surface area contributed by atoms with Crippen molar-refractivity contribution in [3.05, 3.63) is 38.3 Å². The number of hydrogen-bond acceptors (Lipinski definition) is 4. The summed E-state index contributed by atoms with van der Waals surface area (Å²) < 4.78 is 0.503. The Kier molecular flexibility index (Phi) is 4.54. The number of likely N-dealkylation sites (tertiary alicyclic amines) is 1. The minimum Gasteiger partial charge on any atom is -0.393 e. The van der Waals surface area contributed by atoms with E-state index in [2.05, 4.69) is 20.8 Å². The fourth-order valence-electron chi connectivity index (χ4n) is 2.42. The van der Waals surface area contributed by atoms with Gasteiger partial charge in [0, 0.05) is 25.7 Å². The highest BCUT2D eigenvalue weighted by Gasteiger charge is 2.24. The summed E-state index contributed by atoms with van der Waals surface area (Å²) in [6, 6.07) is 5.22. The number of aliphatic hydroxyl groups excluding tert-OH is 1. The second kappa shape index (κ2) is 5.98. The summed E-state index contributed by atoms with van der Waals surface area (Å²) in [7, 11) is 0. The van der Waals surface area contributed by atoms with Crippen LogP contribution in [0, 0.1) is 16.0 Å². The highest BCUT2D eigenvalue weighted by atomic mass is 79.9. The second-order valence-corrected chi connectivity index (χ2v) is 5.97. The molecule has 19 heavy (non-hydrogen) atoms. The predicted octanol–water partition coefficient (Wildman–Crippen LogP) is 2.56. The lowest BCUT2D eigenvalue weighted by Crippen LogP contribution is -2.41. The van der Waals surface area contributed by atoms with Crippen LogP contribution in [0.5, 0.6) is 0 Å². The van der Waals surface area contributed by atoms with Crippen LogP contribution in [0.1, 0.15) is 18.9 Å². The molecule has 1 heterocycles. The number of halogens is 1. The number of nitro benzene ring substituents is 1. The van der Waals surface area contributed by atoms with E-state index in [-0.39, 0.29) is 22.6 Å². The fourth-order valence-corrected chi connectivity index (χ4v) is 2.81. The topological polar surface area (TPSA) is 66.6 Å². The first kappa shape index (κ1) is 14.4. The lowest BCUT2D eigenvalue weighted by molar-refractivity contribution is -0.385. The van der Waals surface area contributed by atoms with E-state index in [1.165, 1.54) is 0 Å². The van der Waals surface area contributed by atoms with Crippen molar-refractivity contribution < 1.29 is 10.0 Å². The van der Waals surface area contributed by atoms with Crippen LogP contribution in [0.25, 0.3) is 0 Å². The van der Waals surface area contributed by atoms with Gasteiger partial charge in [0.2, 0.25) is 0 Å². The van der Waals surface area contributed by atoms with Gasteiger partial charge in [-0.05, 0) is 39.9 Å². The van der Waals surface area contributed by atoms with E-state index in [9.17, 15) is 15.2 Å². The van der Waals surface area contributed by atoms with Crippen LogP contribution in [0.4, 0.5) is 5.69 Å². The van der Waals surface area contributed by atoms with Gasteiger partial charge in [-0.2, -0.15) is 0 Å². The quantitative estimate of drug-likeness (QED) is 0.684. The first-order chi connectivity index (χ1) is 8.97. The minimum absolute atomic E-state index is 0.0996. The van der Waals surface area contributed by atoms with Gasteiger partial charge in [0.05, 0.1) is 15.5 Å². The number of rotatable bonds is 3. The van der Waals surface area contributed by atoms with Gasteiger partial charge >= 0.3 is 0 Å². The van der Waals surface area contributed by atoms with E-state index in [0.29, 0.717) is 11.0 Å². The maximum absolute atomic E-state index is 10.9. The predicted molar refractivity (Wildman–Crippen MR) is 75.9 cm³/mol. The van der Waals surface area contributed by atoms with Gasteiger partial charge in [0.1, 0.15) is 0 Å². The molecular weight excluding hydrogens is 312 g/mol. The van der Waals surface area contributed by atoms with E-state index >= 15 is 0 Å². The van der Waals surface area contributed by atoms with Crippen molar-refractivity contribution in [3.63, 3.8) is 0 Å². The first-order valence-electron chi connectivity index (χ1n) is 6.30. The van der Waals surface area contributed by atoms with Crippen molar-refractivity contribution in [3.8, 4) is 0 Å². The molecule has 0 aromatic heterocycles. The third-order valence-corrected chi connectivity index (χ3v) is 4.23. The molecule has 0 spiro atoms. The van der Waals surface area contributed by atoms with Crippen LogP contribution < -0.4 is 0 Å². The molecule has 5 nitrogen and oxygen atoms in total. The Bertz CT molecular complexity index is 481. The van der Waals surface area contributed by atoms with Gasteiger partial charge in [0.25, 0.3) is 5.69 Å². The average Bonchev–Trinajstić information content (AvgIpc) is 2.36. The molecule has 1 fully saturated rings. The normalized spacial score (nSPS) is 24.4. The summed E-state index contributed by atoms with van der Waals surface area (Å²) in [6.07, 6.45) is 0.537. The minimum atomic E-state index is -0.379. The smallest absolute Gasteiger partial charge is 0.283 e. The Labute approximate surface area is 120 Å². The molecule has 1 aromatic carbocycles. The van der Waals surface area contributed by atoms with Crippen LogP contribution in [0.3, 0.4) is 0 Å². The number of piperidine rings is 1. The summed E-state index contributed by atoms with van der Waals surface area (Å²) >= 11 is 3.19. The van der Waals surface area contributed by atoms with Crippen molar-refractivity contribution in [1.82, 2.24) is 4.90 Å². The van der Waals surface area contributed by atoms with Crippen LogP contribution in [-0.2, 0) is 6.54 Å². The van der Waals surface area contributed by atoms with Gasteiger partial charge < -0.3 is 5.11 Å². The van der Waals surface area contributed by atoms with Crippen molar-refractivity contribution in [2.24, 2.45) is 5.92 Å². The molecule has 0 saturated carbocycles. The summed E-state index contributed by atoms with van der Waals surface area (Å²) in [5, 5.41) is 20.6. The molecule has 2 atom stereocenters. The van der Waals surface area contributed by atoms with Crippen molar-refractivity contribution in [1.29, 1.82) is 0 Å². The van der Waals surface area contributed by atoms with E-state index < -0.39 is 0 Å². The molecular formula is C13H17BrN2O3. The lowest BCUT2D eigenvalue weighted by Gasteiger charge is -2.34. The number of hydrogen-bond donors (Lipinski definition) is 1. The second-order valence-electron chi connectivity index (χ2n) is 5.11. The molecule has 1 N–H and O–H groups in total. The zero-order valence-corrected chi connectivity index (χ0v) is 12.3. The van der Waals surface area contributed by atoms with Gasteiger partial charge in [-0.25, -0.2) is 0 Å². The number of benzene rings is 1. The molecule has 2 unspecified atom stereocenters. The molecule has 0 aliphatic carbocycles. The zero-order valence-electron chi connectivity index (χ0n) is 10.8. The molecule has 2 rings (SSSR count). The van der Waals surface area contributed by atoms with Gasteiger partial charge in [-0.3, -0.25) is 15.0 Å². The number of nitrogens with zero attached hydrogens (tertiary/aromatic N) is 2. The molecule has 0 bridgehead atoms. The Morgan fingerprint density at radius 3 is 2.95 bits per heavy atom. The van der Waals surface area contributed by atoms with Crippen LogP contribution in [-0.4, -0.2) is 34.1 Å². The van der Waals surface area contributed by atoms with Crippen LogP contribution >= 0.6 is 15.9 Å². The largest absolute Gasteiger partial charge is 0.393 e. The third-order valence-electron chi connectivity index (χ3n) is 3.56. The van der Waals surface area contributed by atoms with Crippen molar-refractivity contribution in [2.75, 3.05) is 13.1 Å². The molecule has 104 valence electrons. The van der Waals surface area contributed by atoms with Crippen LogP contribution in [0.15, 0.2) is 22.7 Å². The number of aliphatic hydroxyl groups is 1. The Balaban J connectivity index is 2.07. The van der Waals surface area contributed by atoms with E-state index in [4.69, 9.17) is 0 Å². The fraction of sp³-hybridized carbons (Fsp3) is 0.538. The van der Waals surface area contributed by atoms with E-state index in [0.717, 1.165) is 25.1 Å². The Hall–Kier alpha value is -0.980. The SMILES string of the molecule is CC1CN(Cc2ccc(Br)c([N+](=O)[O-])c2)CCC1O. The maximum atomic E-state index is 10.9. The van der Waals surface area contributed by atoms with E-state index in [1.807, 2.05) is 13.0 Å². The molecule has 1 aromatic rings. The Morgan fingerprint density at radius 1 is 1.58 bits per heavy atom. The van der Waals surface area contributed by atoms with Gasteiger partial charge in [0.15, 0.2) is 0 Å². The van der Waals surface area contributed by atoms with Crippen molar-refractivity contribution in [2.45, 2.75) is 26.0 Å². The monoisotopic (exact) mass is 328 g/mol. The van der Waals surface area contributed by atoms with E-state index in [1.54, 1.807) is 12.1 Å².